The van der Waals surface area contributed by atoms with Gasteiger partial charge in [0, 0.05) is 12.3 Å². The van der Waals surface area contributed by atoms with Crippen molar-refractivity contribution in [3.05, 3.63) is 94.3 Å². The predicted octanol–water partition coefficient (Wildman–Crippen LogP) is 2.54. The summed E-state index contributed by atoms with van der Waals surface area (Å²) in [5.74, 6) is -0.504. The number of nitrogens with zero attached hydrogens (tertiary/aromatic N) is 1. The Labute approximate surface area is 144 Å². The van der Waals surface area contributed by atoms with Gasteiger partial charge in [-0.2, -0.15) is 0 Å². The van der Waals surface area contributed by atoms with Crippen LogP contribution in [0.1, 0.15) is 21.8 Å². The van der Waals surface area contributed by atoms with Crippen LogP contribution in [0.4, 0.5) is 0 Å². The number of aromatic nitrogens is 1. The normalized spacial score (nSPS) is 10.2. The van der Waals surface area contributed by atoms with Gasteiger partial charge in [-0.25, -0.2) is 0 Å². The van der Waals surface area contributed by atoms with E-state index in [9.17, 15) is 9.59 Å². The van der Waals surface area contributed by atoms with Crippen LogP contribution in [0.15, 0.2) is 76.3 Å². The number of hydrogen-bond acceptors (Lipinski definition) is 5. The highest BCUT2D eigenvalue weighted by atomic mass is 16.5. The zero-order chi connectivity index (χ0) is 17.5. The maximum absolute atomic E-state index is 12.1. The molecule has 0 aliphatic carbocycles. The molecule has 3 rings (SSSR count). The van der Waals surface area contributed by atoms with Gasteiger partial charge in [0.1, 0.15) is 12.9 Å². The van der Waals surface area contributed by atoms with E-state index in [0.29, 0.717) is 5.69 Å². The molecule has 25 heavy (non-hydrogen) atoms. The minimum Gasteiger partial charge on any atom is -0.482 e. The molecule has 0 spiro atoms. The first-order chi connectivity index (χ1) is 12.2. The van der Waals surface area contributed by atoms with Crippen molar-refractivity contribution in [2.75, 3.05) is 0 Å². The van der Waals surface area contributed by atoms with Crippen molar-refractivity contribution in [3.63, 3.8) is 0 Å². The Balaban J connectivity index is 1.61. The summed E-state index contributed by atoms with van der Waals surface area (Å²) in [6.07, 6.45) is 2.79. The second kappa shape index (κ2) is 7.92. The van der Waals surface area contributed by atoms with Gasteiger partial charge in [0.25, 0.3) is 5.91 Å². The van der Waals surface area contributed by atoms with E-state index in [0.717, 1.165) is 17.9 Å². The van der Waals surface area contributed by atoms with Gasteiger partial charge in [-0.3, -0.25) is 14.6 Å². The number of rotatable bonds is 6. The fraction of sp³-hybridized carbons (Fsp3) is 0.105. The van der Waals surface area contributed by atoms with E-state index in [1.54, 1.807) is 18.3 Å². The molecule has 1 amide bonds. The Kier molecular flexibility index (Phi) is 5.21. The molecule has 2 heterocycles. The molecule has 0 atom stereocenters. The van der Waals surface area contributed by atoms with E-state index in [-0.39, 0.29) is 24.7 Å². The molecule has 0 unspecified atom stereocenters. The number of hydrogen-bond donors (Lipinski definition) is 1. The van der Waals surface area contributed by atoms with Crippen molar-refractivity contribution >= 4 is 5.91 Å². The molecule has 0 radical (unpaired) electrons. The Bertz CT molecular complexity index is 892. The number of carbonyl (C=O) groups excluding carboxylic acids is 1. The molecule has 3 aromatic rings. The minimum atomic E-state index is -0.489. The lowest BCUT2D eigenvalue weighted by Crippen LogP contribution is -2.24. The molecule has 0 bridgehead atoms. The number of nitrogens with one attached hydrogen (secondary N) is 1. The molecule has 0 saturated heterocycles. The van der Waals surface area contributed by atoms with Gasteiger partial charge in [0.2, 0.25) is 11.2 Å². The number of carbonyl (C=O) groups is 1. The third-order valence-electron chi connectivity index (χ3n) is 3.42. The van der Waals surface area contributed by atoms with E-state index in [1.807, 2.05) is 36.4 Å². The van der Waals surface area contributed by atoms with Crippen molar-refractivity contribution < 1.29 is 13.9 Å². The summed E-state index contributed by atoms with van der Waals surface area (Å²) in [7, 11) is 0. The molecule has 1 aromatic carbocycles. The van der Waals surface area contributed by atoms with Gasteiger partial charge in [-0.15, -0.1) is 0 Å². The lowest BCUT2D eigenvalue weighted by Gasteiger charge is -2.06. The minimum absolute atomic E-state index is 0.0603. The molecule has 2 aromatic heterocycles. The standard InChI is InChI=1S/C19H16N2O4/c22-16-10-17(19(23)21-11-15-8-4-5-9-20-15)25-13-18(16)24-12-14-6-2-1-3-7-14/h1-10,13H,11-12H2,(H,21,23). The second-order valence-electron chi connectivity index (χ2n) is 5.25. The summed E-state index contributed by atoms with van der Waals surface area (Å²) in [5.41, 5.74) is 1.23. The number of amides is 1. The van der Waals surface area contributed by atoms with Crippen LogP contribution in [0.3, 0.4) is 0 Å². The average Bonchev–Trinajstić information content (AvgIpc) is 2.66. The zero-order valence-corrected chi connectivity index (χ0v) is 13.3. The van der Waals surface area contributed by atoms with Crippen LogP contribution in [0.25, 0.3) is 0 Å². The second-order valence-corrected chi connectivity index (χ2v) is 5.25. The number of pyridine rings is 1. The fourth-order valence-corrected chi connectivity index (χ4v) is 2.12. The fourth-order valence-electron chi connectivity index (χ4n) is 2.12. The Morgan fingerprint density at radius 3 is 2.64 bits per heavy atom. The summed E-state index contributed by atoms with van der Waals surface area (Å²) < 4.78 is 10.7. The summed E-state index contributed by atoms with van der Waals surface area (Å²) >= 11 is 0. The smallest absolute Gasteiger partial charge is 0.287 e. The van der Waals surface area contributed by atoms with Crippen LogP contribution in [-0.4, -0.2) is 10.9 Å². The Morgan fingerprint density at radius 1 is 1.12 bits per heavy atom. The number of benzene rings is 1. The predicted molar refractivity (Wildman–Crippen MR) is 91.2 cm³/mol. The molecule has 0 aliphatic rings. The van der Waals surface area contributed by atoms with Crippen molar-refractivity contribution in [2.45, 2.75) is 13.2 Å². The first-order valence-electron chi connectivity index (χ1n) is 7.70. The van der Waals surface area contributed by atoms with Gasteiger partial charge in [-0.1, -0.05) is 36.4 Å². The van der Waals surface area contributed by atoms with Crippen LogP contribution < -0.4 is 15.5 Å². The van der Waals surface area contributed by atoms with Crippen LogP contribution >= 0.6 is 0 Å². The quantitative estimate of drug-likeness (QED) is 0.748. The maximum Gasteiger partial charge on any atom is 0.287 e. The molecule has 0 aliphatic heterocycles. The van der Waals surface area contributed by atoms with Crippen LogP contribution in [0.2, 0.25) is 0 Å². The molecule has 6 heteroatoms. The van der Waals surface area contributed by atoms with Gasteiger partial charge < -0.3 is 14.5 Å². The van der Waals surface area contributed by atoms with Crippen molar-refractivity contribution in [3.8, 4) is 5.75 Å². The van der Waals surface area contributed by atoms with E-state index in [4.69, 9.17) is 9.15 Å². The topological polar surface area (TPSA) is 81.4 Å². The van der Waals surface area contributed by atoms with Gasteiger partial charge in [0.15, 0.2) is 5.76 Å². The number of ether oxygens (including phenoxy) is 1. The monoisotopic (exact) mass is 336 g/mol. The van der Waals surface area contributed by atoms with Crippen LogP contribution in [0.5, 0.6) is 5.75 Å². The van der Waals surface area contributed by atoms with Crippen molar-refractivity contribution in [2.24, 2.45) is 0 Å². The lowest BCUT2D eigenvalue weighted by atomic mass is 10.2. The van der Waals surface area contributed by atoms with Crippen LogP contribution in [-0.2, 0) is 13.2 Å². The lowest BCUT2D eigenvalue weighted by molar-refractivity contribution is 0.0919. The third kappa shape index (κ3) is 4.54. The molecular formula is C19H16N2O4. The Morgan fingerprint density at radius 2 is 1.92 bits per heavy atom. The van der Waals surface area contributed by atoms with Gasteiger partial charge >= 0.3 is 0 Å². The van der Waals surface area contributed by atoms with Crippen LogP contribution in [0, 0.1) is 0 Å². The molecular weight excluding hydrogens is 320 g/mol. The first-order valence-corrected chi connectivity index (χ1v) is 7.70. The molecule has 1 N–H and O–H groups in total. The highest BCUT2D eigenvalue weighted by molar-refractivity contribution is 5.91. The van der Waals surface area contributed by atoms with E-state index in [1.165, 1.54) is 0 Å². The molecule has 6 nitrogen and oxygen atoms in total. The molecule has 0 saturated carbocycles. The molecule has 0 fully saturated rings. The zero-order valence-electron chi connectivity index (χ0n) is 13.3. The van der Waals surface area contributed by atoms with Crippen molar-refractivity contribution in [1.82, 2.24) is 10.3 Å². The summed E-state index contributed by atoms with van der Waals surface area (Å²) in [6.45, 7) is 0.493. The highest BCUT2D eigenvalue weighted by Crippen LogP contribution is 2.09. The maximum atomic E-state index is 12.1. The Hall–Kier alpha value is -3.41. The highest BCUT2D eigenvalue weighted by Gasteiger charge is 2.12. The van der Waals surface area contributed by atoms with Gasteiger partial charge in [0.05, 0.1) is 12.2 Å². The third-order valence-corrected chi connectivity index (χ3v) is 3.42. The first kappa shape index (κ1) is 16.4. The van der Waals surface area contributed by atoms with Crippen molar-refractivity contribution in [1.29, 1.82) is 0 Å². The summed E-state index contributed by atoms with van der Waals surface area (Å²) in [6, 6.07) is 16.0. The van der Waals surface area contributed by atoms with Gasteiger partial charge in [-0.05, 0) is 17.7 Å². The SMILES string of the molecule is O=C(NCc1ccccn1)c1cc(=O)c(OCc2ccccc2)co1. The van der Waals surface area contributed by atoms with E-state index in [2.05, 4.69) is 10.3 Å². The summed E-state index contributed by atoms with van der Waals surface area (Å²) in [4.78, 5) is 28.2. The van der Waals surface area contributed by atoms with E-state index < -0.39 is 11.3 Å². The average molecular weight is 336 g/mol. The molecule has 126 valence electrons. The largest absolute Gasteiger partial charge is 0.482 e. The van der Waals surface area contributed by atoms with E-state index >= 15 is 0 Å². The summed E-state index contributed by atoms with van der Waals surface area (Å²) in [5, 5.41) is 2.64.